The Morgan fingerprint density at radius 1 is 1.10 bits per heavy atom. The minimum atomic E-state index is -1.27. The fraction of sp³-hybridized carbons (Fsp3) is 0.0952. The molecule has 1 aromatic heterocycles. The highest BCUT2D eigenvalue weighted by Crippen LogP contribution is 2.42. The van der Waals surface area contributed by atoms with Crippen molar-refractivity contribution in [3.05, 3.63) is 88.7 Å². The van der Waals surface area contributed by atoms with Crippen LogP contribution in [0.4, 0.5) is 14.6 Å². The first-order valence-electron chi connectivity index (χ1n) is 8.63. The molecule has 1 fully saturated rings. The van der Waals surface area contributed by atoms with Crippen molar-refractivity contribution in [2.24, 2.45) is 0 Å². The average molecular weight is 396 g/mol. The van der Waals surface area contributed by atoms with Crippen LogP contribution < -0.4 is 4.90 Å². The molecular formula is C21H14F2N2O4. The third-order valence-corrected chi connectivity index (χ3v) is 4.62. The van der Waals surface area contributed by atoms with Crippen LogP contribution in [-0.2, 0) is 9.59 Å². The topological polar surface area (TPSA) is 83.6 Å². The number of aromatic nitrogens is 1. The van der Waals surface area contributed by atoms with E-state index in [1.807, 2.05) is 0 Å². The molecule has 0 aliphatic carbocycles. The number of carbonyl (C=O) groups excluding carboxylic acids is 2. The van der Waals surface area contributed by atoms with Gasteiger partial charge < -0.3 is 9.63 Å². The van der Waals surface area contributed by atoms with E-state index in [0.29, 0.717) is 5.76 Å². The summed E-state index contributed by atoms with van der Waals surface area (Å²) in [5.41, 5.74) is -0.217. The summed E-state index contributed by atoms with van der Waals surface area (Å²) in [5.74, 6) is -3.36. The first kappa shape index (κ1) is 18.5. The van der Waals surface area contributed by atoms with Crippen LogP contribution >= 0.6 is 0 Å². The van der Waals surface area contributed by atoms with Crippen molar-refractivity contribution in [1.82, 2.24) is 5.16 Å². The molecule has 8 heteroatoms. The van der Waals surface area contributed by atoms with E-state index in [1.54, 1.807) is 13.0 Å². The third-order valence-electron chi connectivity index (χ3n) is 4.62. The molecule has 29 heavy (non-hydrogen) atoms. The molecule has 6 nitrogen and oxygen atoms in total. The summed E-state index contributed by atoms with van der Waals surface area (Å²) in [6.45, 7) is 1.60. The Labute approximate surface area is 163 Å². The van der Waals surface area contributed by atoms with Crippen molar-refractivity contribution in [2.75, 3.05) is 4.90 Å². The Morgan fingerprint density at radius 3 is 2.41 bits per heavy atom. The molecule has 1 aliphatic rings. The van der Waals surface area contributed by atoms with E-state index in [4.69, 9.17) is 4.52 Å². The minimum absolute atomic E-state index is 0.00369. The monoisotopic (exact) mass is 396 g/mol. The molecule has 0 bridgehead atoms. The number of amides is 1. The number of halogens is 2. The summed E-state index contributed by atoms with van der Waals surface area (Å²) in [5, 5.41) is 14.6. The van der Waals surface area contributed by atoms with Crippen LogP contribution in [-0.4, -0.2) is 22.0 Å². The minimum Gasteiger partial charge on any atom is -0.507 e. The first-order chi connectivity index (χ1) is 13.9. The van der Waals surface area contributed by atoms with Gasteiger partial charge in [-0.2, -0.15) is 0 Å². The third kappa shape index (κ3) is 3.08. The Bertz CT molecular complexity index is 1150. The molecule has 2 aromatic carbocycles. The largest absolute Gasteiger partial charge is 0.507 e. The van der Waals surface area contributed by atoms with Gasteiger partial charge in [-0.05, 0) is 37.3 Å². The second-order valence-corrected chi connectivity index (χ2v) is 6.49. The quantitative estimate of drug-likeness (QED) is 0.413. The molecule has 4 rings (SSSR count). The zero-order valence-corrected chi connectivity index (χ0v) is 15.1. The van der Waals surface area contributed by atoms with E-state index in [2.05, 4.69) is 5.16 Å². The van der Waals surface area contributed by atoms with Crippen molar-refractivity contribution < 1.29 is 28.0 Å². The molecule has 1 saturated heterocycles. The Hall–Kier alpha value is -3.81. The second-order valence-electron chi connectivity index (χ2n) is 6.49. The van der Waals surface area contributed by atoms with E-state index in [1.165, 1.54) is 36.4 Å². The average Bonchev–Trinajstić information content (AvgIpc) is 3.23. The van der Waals surface area contributed by atoms with Gasteiger partial charge in [0.2, 0.25) is 0 Å². The highest BCUT2D eigenvalue weighted by atomic mass is 19.1. The Kier molecular flexibility index (Phi) is 4.46. The van der Waals surface area contributed by atoms with E-state index < -0.39 is 35.1 Å². The molecular weight excluding hydrogens is 382 g/mol. The number of nitrogens with zero attached hydrogens (tertiary/aromatic N) is 2. The predicted octanol–water partition coefficient (Wildman–Crippen LogP) is 3.89. The molecule has 1 N–H and O–H groups in total. The Balaban J connectivity index is 1.97. The highest BCUT2D eigenvalue weighted by molar-refractivity contribution is 6.51. The molecule has 2 heterocycles. The van der Waals surface area contributed by atoms with Crippen LogP contribution in [0.2, 0.25) is 0 Å². The lowest BCUT2D eigenvalue weighted by molar-refractivity contribution is -0.132. The van der Waals surface area contributed by atoms with Gasteiger partial charge in [0.15, 0.2) is 5.82 Å². The molecule has 0 saturated carbocycles. The van der Waals surface area contributed by atoms with Gasteiger partial charge in [0.25, 0.3) is 5.78 Å². The number of benzene rings is 2. The number of hydrogen-bond acceptors (Lipinski definition) is 5. The molecule has 1 amide bonds. The highest BCUT2D eigenvalue weighted by Gasteiger charge is 2.48. The number of ketones is 1. The summed E-state index contributed by atoms with van der Waals surface area (Å²) >= 11 is 0. The summed E-state index contributed by atoms with van der Waals surface area (Å²) in [7, 11) is 0. The number of hydrogen-bond donors (Lipinski definition) is 1. The molecule has 1 atom stereocenters. The van der Waals surface area contributed by atoms with Crippen LogP contribution in [0.25, 0.3) is 5.76 Å². The SMILES string of the molecule is Cc1cc(N2C(=O)C(=O)/C(=C(\O)c3ccc(F)cc3)C2c2ccccc2F)no1. The molecule has 0 spiro atoms. The molecule has 3 aromatic rings. The van der Waals surface area contributed by atoms with Crippen molar-refractivity contribution in [3.63, 3.8) is 0 Å². The molecule has 1 unspecified atom stereocenters. The van der Waals surface area contributed by atoms with Gasteiger partial charge in [-0.15, -0.1) is 0 Å². The van der Waals surface area contributed by atoms with E-state index in [9.17, 15) is 23.5 Å². The van der Waals surface area contributed by atoms with Gasteiger partial charge in [-0.1, -0.05) is 23.4 Å². The first-order valence-corrected chi connectivity index (χ1v) is 8.63. The van der Waals surface area contributed by atoms with Crippen molar-refractivity contribution in [3.8, 4) is 0 Å². The van der Waals surface area contributed by atoms with E-state index in [-0.39, 0.29) is 22.5 Å². The van der Waals surface area contributed by atoms with Gasteiger partial charge in [0, 0.05) is 17.2 Å². The lowest BCUT2D eigenvalue weighted by atomic mass is 9.95. The van der Waals surface area contributed by atoms with Crippen LogP contribution in [0.5, 0.6) is 0 Å². The summed E-state index contributed by atoms with van der Waals surface area (Å²) in [6, 6.07) is 10.5. The fourth-order valence-corrected chi connectivity index (χ4v) is 3.29. The van der Waals surface area contributed by atoms with Crippen LogP contribution in [0.1, 0.15) is 22.9 Å². The maximum absolute atomic E-state index is 14.6. The number of anilines is 1. The normalized spacial score (nSPS) is 18.4. The van der Waals surface area contributed by atoms with Crippen molar-refractivity contribution in [1.29, 1.82) is 0 Å². The number of carbonyl (C=O) groups is 2. The van der Waals surface area contributed by atoms with Crippen molar-refractivity contribution in [2.45, 2.75) is 13.0 Å². The lowest BCUT2D eigenvalue weighted by Gasteiger charge is -2.23. The number of aliphatic hydroxyl groups is 1. The second kappa shape index (κ2) is 6.97. The van der Waals surface area contributed by atoms with Gasteiger partial charge in [0.1, 0.15) is 23.2 Å². The lowest BCUT2D eigenvalue weighted by Crippen LogP contribution is -2.30. The van der Waals surface area contributed by atoms with Crippen LogP contribution in [0.3, 0.4) is 0 Å². The van der Waals surface area contributed by atoms with E-state index in [0.717, 1.165) is 17.0 Å². The molecule has 146 valence electrons. The smallest absolute Gasteiger partial charge is 0.301 e. The van der Waals surface area contributed by atoms with Crippen LogP contribution in [0, 0.1) is 18.6 Å². The van der Waals surface area contributed by atoms with Gasteiger partial charge in [0.05, 0.1) is 11.6 Å². The predicted molar refractivity (Wildman–Crippen MR) is 98.8 cm³/mol. The number of rotatable bonds is 3. The number of aliphatic hydroxyl groups excluding tert-OH is 1. The maximum Gasteiger partial charge on any atom is 0.301 e. The summed E-state index contributed by atoms with van der Waals surface area (Å²) < 4.78 is 32.9. The molecule has 1 aliphatic heterocycles. The number of aryl methyl sites for hydroxylation is 1. The standard InChI is InChI=1S/C21H14F2N2O4/c1-11-10-16(24-29-11)25-18(14-4-2-3-5-15(14)23)17(20(27)21(25)28)19(26)12-6-8-13(22)9-7-12/h2-10,18,26H,1H3/b19-17-. The number of Topliss-reactive ketones (excluding diaryl/α,β-unsaturated/α-hetero) is 1. The van der Waals surface area contributed by atoms with Gasteiger partial charge in [-0.25, -0.2) is 8.78 Å². The Morgan fingerprint density at radius 2 is 1.79 bits per heavy atom. The van der Waals surface area contributed by atoms with Crippen LogP contribution in [0.15, 0.2) is 64.7 Å². The van der Waals surface area contributed by atoms with Crippen molar-refractivity contribution >= 4 is 23.3 Å². The van der Waals surface area contributed by atoms with Gasteiger partial charge in [-0.3, -0.25) is 14.5 Å². The van der Waals surface area contributed by atoms with E-state index >= 15 is 0 Å². The fourth-order valence-electron chi connectivity index (χ4n) is 3.29. The van der Waals surface area contributed by atoms with Gasteiger partial charge >= 0.3 is 5.91 Å². The molecule has 0 radical (unpaired) electrons. The summed E-state index contributed by atoms with van der Waals surface area (Å²) in [6.07, 6.45) is 0. The zero-order chi connectivity index (χ0) is 20.7. The zero-order valence-electron chi connectivity index (χ0n) is 15.1. The maximum atomic E-state index is 14.6. The summed E-state index contributed by atoms with van der Waals surface area (Å²) in [4.78, 5) is 26.6.